The molecule has 0 atom stereocenters. The molecule has 0 N–H and O–H groups in total. The molecule has 0 fully saturated rings. The molecule has 2 rings (SSSR count). The van der Waals surface area contributed by atoms with Gasteiger partial charge in [-0.1, -0.05) is 42.2 Å². The van der Waals surface area contributed by atoms with Gasteiger partial charge in [0.1, 0.15) is 0 Å². The lowest BCUT2D eigenvalue weighted by Crippen LogP contribution is -1.86. The van der Waals surface area contributed by atoms with E-state index in [1.165, 1.54) is 12.1 Å². The summed E-state index contributed by atoms with van der Waals surface area (Å²) in [6.07, 6.45) is 3.68. The fraction of sp³-hybridized carbons (Fsp3) is 0. The zero-order valence-corrected chi connectivity index (χ0v) is 10.1. The Bertz CT molecular complexity index is 647. The predicted molar refractivity (Wildman–Crippen MR) is 75.5 cm³/mol. The van der Waals surface area contributed by atoms with E-state index in [0.29, 0.717) is 0 Å². The van der Waals surface area contributed by atoms with Gasteiger partial charge in [0.2, 0.25) is 0 Å². The van der Waals surface area contributed by atoms with E-state index in [-0.39, 0.29) is 5.69 Å². The van der Waals surface area contributed by atoms with Crippen molar-refractivity contribution >= 4 is 11.8 Å². The average molecular weight is 249 g/mol. The maximum absolute atomic E-state index is 10.5. The second-order valence-corrected chi connectivity index (χ2v) is 3.82. The first-order valence-corrected chi connectivity index (χ1v) is 5.73. The number of allylic oxidation sites excluding steroid dienone is 1. The van der Waals surface area contributed by atoms with Crippen LogP contribution in [0.25, 0.3) is 6.08 Å². The molecule has 0 saturated carbocycles. The molecule has 0 aliphatic rings. The smallest absolute Gasteiger partial charge is 0.258 e. The van der Waals surface area contributed by atoms with Crippen molar-refractivity contribution in [2.45, 2.75) is 0 Å². The second-order valence-electron chi connectivity index (χ2n) is 3.82. The Hall–Kier alpha value is -2.86. The van der Waals surface area contributed by atoms with E-state index >= 15 is 0 Å². The van der Waals surface area contributed by atoms with Crippen LogP contribution in [0.3, 0.4) is 0 Å². The van der Waals surface area contributed by atoms with E-state index in [0.717, 1.165) is 11.1 Å². The van der Waals surface area contributed by atoms with Gasteiger partial charge in [-0.2, -0.15) is 0 Å². The van der Waals surface area contributed by atoms with Crippen molar-refractivity contribution < 1.29 is 4.92 Å². The van der Waals surface area contributed by atoms with Crippen LogP contribution in [0, 0.1) is 22.0 Å². The first-order chi connectivity index (χ1) is 9.25. The summed E-state index contributed by atoms with van der Waals surface area (Å²) < 4.78 is 0. The number of benzene rings is 2. The maximum Gasteiger partial charge on any atom is 0.269 e. The minimum atomic E-state index is -0.424. The molecule has 3 heteroatoms. The van der Waals surface area contributed by atoms with Gasteiger partial charge in [0.25, 0.3) is 5.69 Å². The van der Waals surface area contributed by atoms with Crippen LogP contribution in [0.1, 0.15) is 11.1 Å². The van der Waals surface area contributed by atoms with Crippen molar-refractivity contribution in [3.63, 3.8) is 0 Å². The van der Waals surface area contributed by atoms with E-state index in [9.17, 15) is 10.1 Å². The SMILES string of the molecule is O=[N+]([O-])c1ccc(C#C/C=C/c2ccccc2)cc1. The molecule has 0 unspecified atom stereocenters. The molecule has 0 heterocycles. The molecule has 0 bridgehead atoms. The normalized spacial score (nSPS) is 9.89. The monoisotopic (exact) mass is 249 g/mol. The van der Waals surface area contributed by atoms with Crippen molar-refractivity contribution in [2.24, 2.45) is 0 Å². The highest BCUT2D eigenvalue weighted by molar-refractivity contribution is 5.53. The van der Waals surface area contributed by atoms with Crippen molar-refractivity contribution in [1.82, 2.24) is 0 Å². The van der Waals surface area contributed by atoms with Crippen molar-refractivity contribution in [3.05, 3.63) is 81.9 Å². The molecule has 0 amide bonds. The quantitative estimate of drug-likeness (QED) is 0.463. The lowest BCUT2D eigenvalue weighted by Gasteiger charge is -1.90. The van der Waals surface area contributed by atoms with Crippen LogP contribution >= 0.6 is 0 Å². The van der Waals surface area contributed by atoms with Gasteiger partial charge >= 0.3 is 0 Å². The van der Waals surface area contributed by atoms with E-state index in [1.807, 2.05) is 36.4 Å². The molecule has 2 aromatic carbocycles. The molecule has 19 heavy (non-hydrogen) atoms. The predicted octanol–water partition coefficient (Wildman–Crippen LogP) is 3.66. The van der Waals surface area contributed by atoms with Crippen LogP contribution in [0.5, 0.6) is 0 Å². The number of hydrogen-bond acceptors (Lipinski definition) is 2. The molecule has 0 saturated heterocycles. The zero-order chi connectivity index (χ0) is 13.5. The van der Waals surface area contributed by atoms with Crippen LogP contribution < -0.4 is 0 Å². The molecule has 2 aromatic rings. The molecule has 0 spiro atoms. The summed E-state index contributed by atoms with van der Waals surface area (Å²) in [5.74, 6) is 5.82. The molecular formula is C16H11NO2. The van der Waals surface area contributed by atoms with Gasteiger partial charge in [0.05, 0.1) is 4.92 Å². The molecule has 92 valence electrons. The van der Waals surface area contributed by atoms with E-state index in [2.05, 4.69) is 11.8 Å². The van der Waals surface area contributed by atoms with Crippen LogP contribution in [0.2, 0.25) is 0 Å². The highest BCUT2D eigenvalue weighted by atomic mass is 16.6. The molecule has 3 nitrogen and oxygen atoms in total. The summed E-state index contributed by atoms with van der Waals surface area (Å²) in [4.78, 5) is 10.1. The van der Waals surface area contributed by atoms with Crippen LogP contribution in [0.4, 0.5) is 5.69 Å². The Kier molecular flexibility index (Phi) is 4.09. The van der Waals surface area contributed by atoms with Crippen LogP contribution in [-0.4, -0.2) is 4.92 Å². The Labute approximate surface area is 111 Å². The van der Waals surface area contributed by atoms with Gasteiger partial charge in [0.15, 0.2) is 0 Å². The van der Waals surface area contributed by atoms with Gasteiger partial charge in [-0.25, -0.2) is 0 Å². The van der Waals surface area contributed by atoms with Crippen LogP contribution in [-0.2, 0) is 0 Å². The zero-order valence-electron chi connectivity index (χ0n) is 10.1. The van der Waals surface area contributed by atoms with Gasteiger partial charge in [0, 0.05) is 17.7 Å². The largest absolute Gasteiger partial charge is 0.269 e. The van der Waals surface area contributed by atoms with E-state index < -0.39 is 4.92 Å². The highest BCUT2D eigenvalue weighted by Gasteiger charge is 2.01. The van der Waals surface area contributed by atoms with Crippen molar-refractivity contribution in [3.8, 4) is 11.8 Å². The third kappa shape index (κ3) is 3.83. The van der Waals surface area contributed by atoms with Gasteiger partial charge in [-0.3, -0.25) is 10.1 Å². The Morgan fingerprint density at radius 3 is 2.32 bits per heavy atom. The first-order valence-electron chi connectivity index (χ1n) is 5.73. The standard InChI is InChI=1S/C16H11NO2/c18-17(19)16-12-10-15(11-13-16)9-5-4-8-14-6-2-1-3-7-14/h1-4,6-8,10-13H/b8-4+. The Balaban J connectivity index is 2.04. The molecule has 0 aliphatic carbocycles. The lowest BCUT2D eigenvalue weighted by atomic mass is 10.2. The number of rotatable bonds is 2. The molecule has 0 radical (unpaired) electrons. The van der Waals surface area contributed by atoms with Crippen LogP contribution in [0.15, 0.2) is 60.7 Å². The summed E-state index contributed by atoms with van der Waals surface area (Å²) in [6, 6.07) is 16.0. The number of nitro benzene ring substituents is 1. The Morgan fingerprint density at radius 2 is 1.68 bits per heavy atom. The van der Waals surface area contributed by atoms with E-state index in [4.69, 9.17) is 0 Å². The van der Waals surface area contributed by atoms with Gasteiger partial charge < -0.3 is 0 Å². The van der Waals surface area contributed by atoms with E-state index in [1.54, 1.807) is 18.2 Å². The second kappa shape index (κ2) is 6.18. The van der Waals surface area contributed by atoms with Crippen molar-refractivity contribution in [1.29, 1.82) is 0 Å². The Morgan fingerprint density at radius 1 is 1.00 bits per heavy atom. The number of nitrogens with zero attached hydrogens (tertiary/aromatic N) is 1. The number of hydrogen-bond donors (Lipinski definition) is 0. The maximum atomic E-state index is 10.5. The third-order valence-electron chi connectivity index (χ3n) is 2.45. The number of non-ortho nitro benzene ring substituents is 1. The first kappa shape index (κ1) is 12.6. The molecule has 0 aromatic heterocycles. The summed E-state index contributed by atoms with van der Waals surface area (Å²) in [5.41, 5.74) is 1.91. The third-order valence-corrected chi connectivity index (χ3v) is 2.45. The minimum Gasteiger partial charge on any atom is -0.258 e. The fourth-order valence-corrected chi connectivity index (χ4v) is 1.49. The van der Waals surface area contributed by atoms with Crippen molar-refractivity contribution in [2.75, 3.05) is 0 Å². The minimum absolute atomic E-state index is 0.0744. The fourth-order valence-electron chi connectivity index (χ4n) is 1.49. The van der Waals surface area contributed by atoms with Gasteiger partial charge in [-0.15, -0.1) is 0 Å². The summed E-state index contributed by atoms with van der Waals surface area (Å²) in [7, 11) is 0. The highest BCUT2D eigenvalue weighted by Crippen LogP contribution is 2.10. The number of nitro groups is 1. The topological polar surface area (TPSA) is 43.1 Å². The molecular weight excluding hydrogens is 238 g/mol. The lowest BCUT2D eigenvalue weighted by molar-refractivity contribution is -0.384. The summed E-state index contributed by atoms with van der Waals surface area (Å²) in [6.45, 7) is 0. The average Bonchev–Trinajstić information content (AvgIpc) is 2.45. The summed E-state index contributed by atoms with van der Waals surface area (Å²) in [5, 5.41) is 10.5. The van der Waals surface area contributed by atoms with Gasteiger partial charge in [-0.05, 0) is 29.8 Å². The molecule has 0 aliphatic heterocycles. The summed E-state index contributed by atoms with van der Waals surface area (Å²) >= 11 is 0.